The van der Waals surface area contributed by atoms with Crippen LogP contribution in [0.5, 0.6) is 0 Å². The van der Waals surface area contributed by atoms with Crippen LogP contribution in [0.1, 0.15) is 77.3 Å². The van der Waals surface area contributed by atoms with Crippen molar-refractivity contribution in [1.82, 2.24) is 0 Å². The zero-order valence-corrected chi connectivity index (χ0v) is 14.6. The van der Waals surface area contributed by atoms with Crippen LogP contribution >= 0.6 is 0 Å². The maximum Gasteiger partial charge on any atom is 1.00 e. The Labute approximate surface area is 150 Å². The van der Waals surface area contributed by atoms with E-state index in [-0.39, 0.29) is 37.7 Å². The summed E-state index contributed by atoms with van der Waals surface area (Å²) in [7, 11) is 0. The van der Waals surface area contributed by atoms with Gasteiger partial charge in [-0.25, -0.2) is 24.0 Å². The average molecular weight is 258 g/mol. The molecule has 0 fully saturated rings. The molecule has 0 aliphatic carbocycles. The van der Waals surface area contributed by atoms with Crippen LogP contribution in [0.3, 0.4) is 0 Å². The van der Waals surface area contributed by atoms with E-state index in [0.29, 0.717) is 0 Å². The number of rotatable bonds is 8. The van der Waals surface area contributed by atoms with Crippen molar-refractivity contribution < 1.29 is 37.7 Å². The third-order valence-corrected chi connectivity index (χ3v) is 3.66. The second kappa shape index (κ2) is 12.9. The van der Waals surface area contributed by atoms with Crippen molar-refractivity contribution in [2.75, 3.05) is 0 Å². The SMILES string of the molecule is CCCC[C-](C)c1ccccc1[C-](C)CCCC.[Li+].[Li+]. The molecule has 20 heavy (non-hydrogen) atoms. The molecular formula is C18H28Li2. The molecule has 0 unspecified atom stereocenters. The average Bonchev–Trinajstić information content (AvgIpc) is 2.42. The van der Waals surface area contributed by atoms with Crippen molar-refractivity contribution in [1.29, 1.82) is 0 Å². The summed E-state index contributed by atoms with van der Waals surface area (Å²) in [5.41, 5.74) is 2.94. The molecule has 2 heteroatoms. The van der Waals surface area contributed by atoms with Gasteiger partial charge in [-0.05, 0) is 0 Å². The van der Waals surface area contributed by atoms with Crippen molar-refractivity contribution in [2.24, 2.45) is 0 Å². The van der Waals surface area contributed by atoms with Crippen LogP contribution < -0.4 is 37.7 Å². The number of hydrogen-bond acceptors (Lipinski definition) is 0. The van der Waals surface area contributed by atoms with E-state index in [1.807, 2.05) is 0 Å². The van der Waals surface area contributed by atoms with Crippen LogP contribution in [0.2, 0.25) is 0 Å². The Bertz CT molecular complexity index is 303. The van der Waals surface area contributed by atoms with Gasteiger partial charge in [0.2, 0.25) is 0 Å². The summed E-state index contributed by atoms with van der Waals surface area (Å²) in [5, 5.41) is 0. The van der Waals surface area contributed by atoms with Gasteiger partial charge in [0, 0.05) is 0 Å². The van der Waals surface area contributed by atoms with E-state index in [4.69, 9.17) is 0 Å². The molecule has 0 nitrogen and oxygen atoms in total. The third-order valence-electron chi connectivity index (χ3n) is 3.66. The first-order chi connectivity index (χ1) is 8.70. The van der Waals surface area contributed by atoms with E-state index in [1.54, 1.807) is 11.8 Å². The van der Waals surface area contributed by atoms with Gasteiger partial charge in [-0.3, -0.25) is 11.1 Å². The zero-order chi connectivity index (χ0) is 13.4. The first-order valence-electron chi connectivity index (χ1n) is 7.45. The van der Waals surface area contributed by atoms with Gasteiger partial charge in [0.15, 0.2) is 0 Å². The Morgan fingerprint density at radius 2 is 1.10 bits per heavy atom. The van der Waals surface area contributed by atoms with Crippen molar-refractivity contribution in [3.05, 3.63) is 47.2 Å². The van der Waals surface area contributed by atoms with Crippen molar-refractivity contribution in [3.8, 4) is 0 Å². The van der Waals surface area contributed by atoms with Crippen LogP contribution in [0.4, 0.5) is 0 Å². The van der Waals surface area contributed by atoms with E-state index >= 15 is 0 Å². The zero-order valence-electron chi connectivity index (χ0n) is 14.6. The molecule has 1 aromatic carbocycles. The number of benzene rings is 1. The van der Waals surface area contributed by atoms with Gasteiger partial charge in [0.25, 0.3) is 0 Å². The summed E-state index contributed by atoms with van der Waals surface area (Å²) in [6.07, 6.45) is 7.61. The molecule has 0 radical (unpaired) electrons. The first-order valence-corrected chi connectivity index (χ1v) is 7.45. The van der Waals surface area contributed by atoms with E-state index in [1.165, 1.54) is 49.7 Å². The minimum atomic E-state index is 0. The van der Waals surface area contributed by atoms with Crippen molar-refractivity contribution in [2.45, 2.75) is 66.2 Å². The summed E-state index contributed by atoms with van der Waals surface area (Å²) in [6.45, 7) is 9.11. The number of unbranched alkanes of at least 4 members (excludes halogenated alkanes) is 2. The molecule has 0 bridgehead atoms. The monoisotopic (exact) mass is 258 g/mol. The predicted molar refractivity (Wildman–Crippen MR) is 81.5 cm³/mol. The van der Waals surface area contributed by atoms with Crippen LogP contribution in [-0.4, -0.2) is 0 Å². The maximum atomic E-state index is 2.29. The van der Waals surface area contributed by atoms with Gasteiger partial charge in [0.05, 0.1) is 0 Å². The molecule has 1 aromatic rings. The molecule has 0 aromatic heterocycles. The normalized spacial score (nSPS) is 9.40. The molecular weight excluding hydrogens is 230 g/mol. The minimum absolute atomic E-state index is 0. The molecule has 0 heterocycles. The Morgan fingerprint density at radius 1 is 0.750 bits per heavy atom. The van der Waals surface area contributed by atoms with E-state index < -0.39 is 0 Å². The van der Waals surface area contributed by atoms with Gasteiger partial charge in [0.1, 0.15) is 0 Å². The van der Waals surface area contributed by atoms with Crippen LogP contribution in [-0.2, 0) is 0 Å². The molecule has 102 valence electrons. The second-order valence-corrected chi connectivity index (χ2v) is 5.31. The molecule has 0 saturated carbocycles. The second-order valence-electron chi connectivity index (χ2n) is 5.31. The standard InChI is InChI=1S/C18H28.2Li/c1-5-7-11-15(3)17-13-9-10-14-18(17)16(4)12-8-6-2;;/h9-10,13-14H,5-8,11-12H2,1-4H3;;/q-2;2*+1. The van der Waals surface area contributed by atoms with Crippen molar-refractivity contribution >= 4 is 0 Å². The Kier molecular flexibility index (Phi) is 14.4. The largest absolute Gasteiger partial charge is 1.00 e. The molecule has 0 spiro atoms. The van der Waals surface area contributed by atoms with Gasteiger partial charge in [-0.1, -0.05) is 66.2 Å². The molecule has 0 aliphatic rings. The quantitative estimate of drug-likeness (QED) is 0.453. The van der Waals surface area contributed by atoms with E-state index in [9.17, 15) is 0 Å². The topological polar surface area (TPSA) is 0 Å². The van der Waals surface area contributed by atoms with Crippen LogP contribution in [0, 0.1) is 11.8 Å². The Hall–Kier alpha value is 0.155. The van der Waals surface area contributed by atoms with Crippen molar-refractivity contribution in [3.63, 3.8) is 0 Å². The van der Waals surface area contributed by atoms with Gasteiger partial charge in [-0.15, -0.1) is 12.1 Å². The van der Waals surface area contributed by atoms with E-state index in [0.717, 1.165) is 0 Å². The molecule has 0 saturated heterocycles. The van der Waals surface area contributed by atoms with Crippen LogP contribution in [0.25, 0.3) is 0 Å². The molecule has 0 amide bonds. The Balaban J connectivity index is 0. The van der Waals surface area contributed by atoms with Gasteiger partial charge < -0.3 is 0 Å². The molecule has 0 atom stereocenters. The Morgan fingerprint density at radius 3 is 1.40 bits per heavy atom. The maximum absolute atomic E-state index is 2.29. The molecule has 0 aliphatic heterocycles. The smallest absolute Gasteiger partial charge is 0.293 e. The van der Waals surface area contributed by atoms with E-state index in [2.05, 4.69) is 52.0 Å². The summed E-state index contributed by atoms with van der Waals surface area (Å²) in [6, 6.07) is 8.91. The van der Waals surface area contributed by atoms with Gasteiger partial charge in [-0.2, -0.15) is 0 Å². The van der Waals surface area contributed by atoms with Crippen LogP contribution in [0.15, 0.2) is 24.3 Å². The fourth-order valence-electron chi connectivity index (χ4n) is 2.38. The molecule has 0 N–H and O–H groups in total. The first kappa shape index (κ1) is 22.4. The summed E-state index contributed by atoms with van der Waals surface area (Å²) < 4.78 is 0. The van der Waals surface area contributed by atoms with Gasteiger partial charge >= 0.3 is 37.7 Å². The fourth-order valence-corrected chi connectivity index (χ4v) is 2.38. The fraction of sp³-hybridized carbons (Fsp3) is 0.556. The molecule has 1 rings (SSSR count). The summed E-state index contributed by atoms with van der Waals surface area (Å²) in [4.78, 5) is 0. The number of hydrogen-bond donors (Lipinski definition) is 0. The summed E-state index contributed by atoms with van der Waals surface area (Å²) >= 11 is 0. The third kappa shape index (κ3) is 7.25. The predicted octanol–water partition coefficient (Wildman–Crippen LogP) is -0.0400. The minimum Gasteiger partial charge on any atom is -0.293 e. The summed E-state index contributed by atoms with van der Waals surface area (Å²) in [5.74, 6) is 3.09.